The molecule has 0 saturated carbocycles. The maximum Gasteiger partial charge on any atom is 0.211 e. The highest BCUT2D eigenvalue weighted by molar-refractivity contribution is 7.88. The summed E-state index contributed by atoms with van der Waals surface area (Å²) in [5, 5.41) is 0. The molecule has 2 rings (SSSR count). The van der Waals surface area contributed by atoms with E-state index in [-0.39, 0.29) is 0 Å². The third-order valence-corrected chi connectivity index (χ3v) is 5.09. The summed E-state index contributed by atoms with van der Waals surface area (Å²) in [6.07, 6.45) is 6.99. The molecule has 1 aliphatic rings. The van der Waals surface area contributed by atoms with Crippen LogP contribution in [0.25, 0.3) is 0 Å². The van der Waals surface area contributed by atoms with Crippen molar-refractivity contribution in [2.24, 2.45) is 0 Å². The topological polar surface area (TPSA) is 58.4 Å². The molecule has 0 bridgehead atoms. The highest BCUT2D eigenvalue weighted by Crippen LogP contribution is 2.07. The second-order valence-electron chi connectivity index (χ2n) is 5.25. The van der Waals surface area contributed by atoms with Crippen molar-refractivity contribution in [1.29, 1.82) is 0 Å². The number of hydrogen-bond donors (Lipinski definition) is 0. The summed E-state index contributed by atoms with van der Waals surface area (Å²) in [5.74, 6) is 1.11. The summed E-state index contributed by atoms with van der Waals surface area (Å²) >= 11 is 0. The number of hydrogen-bond acceptors (Lipinski definition) is 4. The normalized spacial score (nSPS) is 19.1. The van der Waals surface area contributed by atoms with Crippen LogP contribution in [0, 0.1) is 0 Å². The van der Waals surface area contributed by atoms with Gasteiger partial charge in [0.25, 0.3) is 0 Å². The van der Waals surface area contributed by atoms with Crippen LogP contribution in [0.2, 0.25) is 0 Å². The Morgan fingerprint density at radius 2 is 2.00 bits per heavy atom. The van der Waals surface area contributed by atoms with Gasteiger partial charge in [0.05, 0.1) is 6.26 Å². The van der Waals surface area contributed by atoms with Gasteiger partial charge in [0.1, 0.15) is 5.82 Å². The third-order valence-electron chi connectivity index (χ3n) is 3.79. The predicted octanol–water partition coefficient (Wildman–Crippen LogP) is 0.413. The van der Waals surface area contributed by atoms with Gasteiger partial charge in [0.2, 0.25) is 10.0 Å². The van der Waals surface area contributed by atoms with Crippen molar-refractivity contribution in [3.05, 3.63) is 18.2 Å². The average molecular weight is 300 g/mol. The molecule has 0 spiro atoms. The highest BCUT2D eigenvalue weighted by Gasteiger charge is 2.21. The van der Waals surface area contributed by atoms with E-state index >= 15 is 0 Å². The Balaban J connectivity index is 1.86. The second-order valence-corrected chi connectivity index (χ2v) is 7.23. The lowest BCUT2D eigenvalue weighted by molar-refractivity contribution is 0.274. The van der Waals surface area contributed by atoms with Gasteiger partial charge in [-0.25, -0.2) is 17.7 Å². The first-order chi connectivity index (χ1) is 9.50. The van der Waals surface area contributed by atoms with E-state index in [9.17, 15) is 8.42 Å². The SMILES string of the molecule is CCc1nccn1CCN1CCCN(S(C)(=O)=O)CC1. The van der Waals surface area contributed by atoms with Crippen LogP contribution in [0.4, 0.5) is 0 Å². The molecular formula is C13H24N4O2S. The quantitative estimate of drug-likeness (QED) is 0.790. The number of rotatable bonds is 5. The van der Waals surface area contributed by atoms with E-state index in [1.807, 2.05) is 12.4 Å². The zero-order valence-corrected chi connectivity index (χ0v) is 13.1. The molecule has 0 aromatic carbocycles. The van der Waals surface area contributed by atoms with Crippen molar-refractivity contribution >= 4 is 10.0 Å². The monoisotopic (exact) mass is 300 g/mol. The first kappa shape index (κ1) is 15.5. The molecule has 6 nitrogen and oxygen atoms in total. The predicted molar refractivity (Wildman–Crippen MR) is 79.1 cm³/mol. The Bertz CT molecular complexity index is 526. The van der Waals surface area contributed by atoms with Gasteiger partial charge >= 0.3 is 0 Å². The van der Waals surface area contributed by atoms with Gasteiger partial charge in [-0.15, -0.1) is 0 Å². The van der Waals surface area contributed by atoms with E-state index in [0.29, 0.717) is 13.1 Å². The fraction of sp³-hybridized carbons (Fsp3) is 0.769. The Morgan fingerprint density at radius 1 is 1.20 bits per heavy atom. The fourth-order valence-corrected chi connectivity index (χ4v) is 3.48. The van der Waals surface area contributed by atoms with E-state index in [1.54, 1.807) is 4.31 Å². The minimum absolute atomic E-state index is 0.601. The number of sulfonamides is 1. The smallest absolute Gasteiger partial charge is 0.211 e. The fourth-order valence-electron chi connectivity index (χ4n) is 2.61. The molecule has 114 valence electrons. The third kappa shape index (κ3) is 4.04. The number of imidazole rings is 1. The van der Waals surface area contributed by atoms with Gasteiger partial charge in [0, 0.05) is 51.5 Å². The van der Waals surface area contributed by atoms with Crippen LogP contribution in [-0.4, -0.2) is 66.2 Å². The molecule has 0 aliphatic carbocycles. The molecule has 1 aliphatic heterocycles. The van der Waals surface area contributed by atoms with Crippen LogP contribution in [-0.2, 0) is 23.0 Å². The first-order valence-electron chi connectivity index (χ1n) is 7.18. The second kappa shape index (κ2) is 6.69. The summed E-state index contributed by atoms with van der Waals surface area (Å²) in [6.45, 7) is 6.98. The highest BCUT2D eigenvalue weighted by atomic mass is 32.2. The molecule has 0 radical (unpaired) electrons. The van der Waals surface area contributed by atoms with E-state index in [2.05, 4.69) is 21.4 Å². The number of aryl methyl sites for hydroxylation is 1. The Hall–Kier alpha value is -0.920. The molecule has 0 atom stereocenters. The summed E-state index contributed by atoms with van der Waals surface area (Å²) in [7, 11) is -3.05. The minimum atomic E-state index is -3.05. The zero-order chi connectivity index (χ0) is 14.6. The van der Waals surface area contributed by atoms with Crippen molar-refractivity contribution in [2.75, 3.05) is 39.0 Å². The molecular weight excluding hydrogens is 276 g/mol. The van der Waals surface area contributed by atoms with Gasteiger partial charge in [-0.3, -0.25) is 0 Å². The summed E-state index contributed by atoms with van der Waals surface area (Å²) in [6, 6.07) is 0. The lowest BCUT2D eigenvalue weighted by Crippen LogP contribution is -2.35. The molecule has 20 heavy (non-hydrogen) atoms. The van der Waals surface area contributed by atoms with Crippen LogP contribution in [0.1, 0.15) is 19.2 Å². The molecule has 0 amide bonds. The lowest BCUT2D eigenvalue weighted by Gasteiger charge is -2.21. The molecule has 2 heterocycles. The zero-order valence-electron chi connectivity index (χ0n) is 12.3. The van der Waals surface area contributed by atoms with Gasteiger partial charge in [0.15, 0.2) is 0 Å². The molecule has 0 N–H and O–H groups in total. The Labute approximate surface area is 121 Å². The Kier molecular flexibility index (Phi) is 5.17. The molecule has 1 aromatic heterocycles. The van der Waals surface area contributed by atoms with Crippen LogP contribution >= 0.6 is 0 Å². The lowest BCUT2D eigenvalue weighted by atomic mass is 10.4. The van der Waals surface area contributed by atoms with Crippen molar-refractivity contribution in [3.8, 4) is 0 Å². The molecule has 0 unspecified atom stereocenters. The van der Waals surface area contributed by atoms with Crippen molar-refractivity contribution in [2.45, 2.75) is 26.3 Å². The van der Waals surface area contributed by atoms with E-state index in [0.717, 1.165) is 44.8 Å². The van der Waals surface area contributed by atoms with E-state index in [4.69, 9.17) is 0 Å². The maximum absolute atomic E-state index is 11.6. The van der Waals surface area contributed by atoms with Crippen LogP contribution in [0.5, 0.6) is 0 Å². The first-order valence-corrected chi connectivity index (χ1v) is 9.03. The molecule has 1 aromatic rings. The van der Waals surface area contributed by atoms with Crippen molar-refractivity contribution in [1.82, 2.24) is 18.8 Å². The van der Waals surface area contributed by atoms with Gasteiger partial charge in [-0.2, -0.15) is 0 Å². The largest absolute Gasteiger partial charge is 0.334 e. The van der Waals surface area contributed by atoms with Crippen molar-refractivity contribution in [3.63, 3.8) is 0 Å². The molecule has 7 heteroatoms. The van der Waals surface area contributed by atoms with Gasteiger partial charge < -0.3 is 9.47 Å². The summed E-state index contributed by atoms with van der Waals surface area (Å²) in [4.78, 5) is 6.66. The number of nitrogens with zero attached hydrogens (tertiary/aromatic N) is 4. The van der Waals surface area contributed by atoms with Gasteiger partial charge in [-0.05, 0) is 13.0 Å². The molecule has 1 fully saturated rings. The van der Waals surface area contributed by atoms with E-state index in [1.165, 1.54) is 6.26 Å². The maximum atomic E-state index is 11.6. The van der Waals surface area contributed by atoms with E-state index < -0.39 is 10.0 Å². The van der Waals surface area contributed by atoms with Crippen molar-refractivity contribution < 1.29 is 8.42 Å². The minimum Gasteiger partial charge on any atom is -0.334 e. The van der Waals surface area contributed by atoms with Crippen LogP contribution in [0.3, 0.4) is 0 Å². The van der Waals surface area contributed by atoms with Crippen LogP contribution < -0.4 is 0 Å². The van der Waals surface area contributed by atoms with Crippen LogP contribution in [0.15, 0.2) is 12.4 Å². The summed E-state index contributed by atoms with van der Waals surface area (Å²) < 4.78 is 26.9. The number of aromatic nitrogens is 2. The molecule has 1 saturated heterocycles. The average Bonchev–Trinajstić information content (AvgIpc) is 2.70. The van der Waals surface area contributed by atoms with Gasteiger partial charge in [-0.1, -0.05) is 6.92 Å². The Morgan fingerprint density at radius 3 is 2.70 bits per heavy atom. The summed E-state index contributed by atoms with van der Waals surface area (Å²) in [5.41, 5.74) is 0. The standard InChI is InChI=1S/C13H24N4O2S/c1-3-13-14-5-8-16(13)11-9-15-6-4-7-17(12-10-15)20(2,18)19/h5,8H,3-4,6-7,9-12H2,1-2H3.